The average molecular weight is 352 g/mol. The Kier molecular flexibility index (Phi) is 5.36. The molecular formula is C20H17FN2OS. The minimum atomic E-state index is -0.313. The second kappa shape index (κ2) is 7.85. The number of rotatable bonds is 6. The zero-order chi connectivity index (χ0) is 17.6. The summed E-state index contributed by atoms with van der Waals surface area (Å²) in [5, 5.41) is 2.57. The Hall–Kier alpha value is -2.79. The van der Waals surface area contributed by atoms with Crippen LogP contribution in [0.1, 0.15) is 5.56 Å². The number of aromatic nitrogens is 1. The van der Waals surface area contributed by atoms with E-state index < -0.39 is 0 Å². The highest BCUT2D eigenvalue weighted by atomic mass is 32.1. The van der Waals surface area contributed by atoms with E-state index in [4.69, 9.17) is 0 Å². The molecule has 0 spiro atoms. The lowest BCUT2D eigenvalue weighted by Gasteiger charge is -2.18. The minimum absolute atomic E-state index is 0.0968. The van der Waals surface area contributed by atoms with Crippen molar-refractivity contribution in [2.45, 2.75) is 6.42 Å². The van der Waals surface area contributed by atoms with Crippen LogP contribution in [0.4, 0.5) is 9.52 Å². The third kappa shape index (κ3) is 4.19. The van der Waals surface area contributed by atoms with Gasteiger partial charge in [0.1, 0.15) is 5.82 Å². The van der Waals surface area contributed by atoms with Crippen molar-refractivity contribution in [1.82, 2.24) is 4.98 Å². The van der Waals surface area contributed by atoms with Gasteiger partial charge in [-0.3, -0.25) is 9.69 Å². The number of carbonyl (C=O) groups excluding carboxylic acids is 1. The monoisotopic (exact) mass is 352 g/mol. The van der Waals surface area contributed by atoms with E-state index in [2.05, 4.69) is 11.6 Å². The van der Waals surface area contributed by atoms with Gasteiger partial charge >= 0.3 is 0 Å². The number of anilines is 1. The van der Waals surface area contributed by atoms with Crippen LogP contribution in [-0.2, 0) is 11.2 Å². The molecule has 0 saturated heterocycles. The van der Waals surface area contributed by atoms with Crippen LogP contribution in [0.2, 0.25) is 0 Å². The van der Waals surface area contributed by atoms with Crippen molar-refractivity contribution in [2.24, 2.45) is 0 Å². The fourth-order valence-corrected chi connectivity index (χ4v) is 3.28. The van der Waals surface area contributed by atoms with Gasteiger partial charge in [-0.2, -0.15) is 0 Å². The van der Waals surface area contributed by atoms with Crippen LogP contribution in [0, 0.1) is 5.82 Å². The normalized spacial score (nSPS) is 10.4. The molecule has 3 nitrogen and oxygen atoms in total. The van der Waals surface area contributed by atoms with Crippen LogP contribution in [0.25, 0.3) is 11.3 Å². The number of hydrogen-bond donors (Lipinski definition) is 0. The second-order valence-electron chi connectivity index (χ2n) is 5.48. The van der Waals surface area contributed by atoms with Gasteiger partial charge in [0.15, 0.2) is 5.13 Å². The number of benzene rings is 2. The van der Waals surface area contributed by atoms with Crippen molar-refractivity contribution < 1.29 is 9.18 Å². The van der Waals surface area contributed by atoms with Crippen LogP contribution in [-0.4, -0.2) is 17.4 Å². The topological polar surface area (TPSA) is 33.2 Å². The highest BCUT2D eigenvalue weighted by Gasteiger charge is 2.18. The number of carbonyl (C=O) groups is 1. The third-order valence-corrected chi connectivity index (χ3v) is 4.54. The van der Waals surface area contributed by atoms with E-state index in [1.54, 1.807) is 23.1 Å². The Bertz CT molecular complexity index is 859. The molecule has 0 N–H and O–H groups in total. The molecule has 126 valence electrons. The maximum Gasteiger partial charge on any atom is 0.233 e. The first-order valence-electron chi connectivity index (χ1n) is 7.84. The molecule has 0 aliphatic carbocycles. The van der Waals surface area contributed by atoms with Crippen LogP contribution in [0.5, 0.6) is 0 Å². The van der Waals surface area contributed by atoms with Crippen LogP contribution >= 0.6 is 11.3 Å². The minimum Gasteiger partial charge on any atom is -0.284 e. The van der Waals surface area contributed by atoms with Crippen LogP contribution in [0.15, 0.2) is 72.6 Å². The van der Waals surface area contributed by atoms with E-state index in [1.807, 2.05) is 35.7 Å². The largest absolute Gasteiger partial charge is 0.284 e. The number of amides is 1. The molecular weight excluding hydrogens is 335 g/mol. The summed E-state index contributed by atoms with van der Waals surface area (Å²) in [6.45, 7) is 4.10. The summed E-state index contributed by atoms with van der Waals surface area (Å²) >= 11 is 1.42. The molecule has 3 rings (SSSR count). The number of halogens is 1. The van der Waals surface area contributed by atoms with Gasteiger partial charge in [-0.1, -0.05) is 48.5 Å². The van der Waals surface area contributed by atoms with Crippen molar-refractivity contribution in [3.05, 3.63) is 84.0 Å². The molecule has 0 aliphatic heterocycles. The molecule has 0 atom stereocenters. The predicted molar refractivity (Wildman–Crippen MR) is 100 cm³/mol. The lowest BCUT2D eigenvalue weighted by Crippen LogP contribution is -2.32. The standard InChI is InChI=1S/C20H17FN2OS/c1-2-12-23(19(24)13-15-8-10-17(21)11-9-15)20-22-18(14-25-20)16-6-4-3-5-7-16/h2-11,14H,1,12-13H2. The molecule has 3 aromatic rings. The summed E-state index contributed by atoms with van der Waals surface area (Å²) in [5.74, 6) is -0.410. The highest BCUT2D eigenvalue weighted by Crippen LogP contribution is 2.27. The molecule has 1 heterocycles. The molecule has 1 aromatic heterocycles. The second-order valence-corrected chi connectivity index (χ2v) is 6.31. The van der Waals surface area contributed by atoms with Crippen molar-refractivity contribution in [2.75, 3.05) is 11.4 Å². The smallest absolute Gasteiger partial charge is 0.233 e. The number of nitrogens with zero attached hydrogens (tertiary/aromatic N) is 2. The Morgan fingerprint density at radius 2 is 1.88 bits per heavy atom. The molecule has 2 aromatic carbocycles. The number of thiazole rings is 1. The lowest BCUT2D eigenvalue weighted by atomic mass is 10.1. The van der Waals surface area contributed by atoms with Crippen LogP contribution in [0.3, 0.4) is 0 Å². The Morgan fingerprint density at radius 1 is 1.16 bits per heavy atom. The summed E-state index contributed by atoms with van der Waals surface area (Å²) in [7, 11) is 0. The summed E-state index contributed by atoms with van der Waals surface area (Å²) in [4.78, 5) is 18.9. The fraction of sp³-hybridized carbons (Fsp3) is 0.100. The molecule has 0 saturated carbocycles. The van der Waals surface area contributed by atoms with Crippen molar-refractivity contribution in [3.63, 3.8) is 0 Å². The molecule has 1 amide bonds. The van der Waals surface area contributed by atoms with Gasteiger partial charge in [-0.15, -0.1) is 17.9 Å². The van der Waals surface area contributed by atoms with Gasteiger partial charge < -0.3 is 0 Å². The Labute approximate surface area is 150 Å². The molecule has 5 heteroatoms. The zero-order valence-electron chi connectivity index (χ0n) is 13.6. The first kappa shape index (κ1) is 17.0. The first-order chi connectivity index (χ1) is 12.2. The quantitative estimate of drug-likeness (QED) is 0.602. The molecule has 0 radical (unpaired) electrons. The van der Waals surface area contributed by atoms with Crippen molar-refractivity contribution >= 4 is 22.4 Å². The third-order valence-electron chi connectivity index (χ3n) is 3.67. The summed E-state index contributed by atoms with van der Waals surface area (Å²) < 4.78 is 13.0. The molecule has 0 aliphatic rings. The molecule has 0 unspecified atom stereocenters. The first-order valence-corrected chi connectivity index (χ1v) is 8.72. The fourth-order valence-electron chi connectivity index (χ4n) is 2.42. The van der Waals surface area contributed by atoms with E-state index in [9.17, 15) is 9.18 Å². The predicted octanol–water partition coefficient (Wildman–Crippen LogP) is 4.71. The van der Waals surface area contributed by atoms with Crippen molar-refractivity contribution in [1.29, 1.82) is 0 Å². The molecule has 0 fully saturated rings. The van der Waals surface area contributed by atoms with Crippen molar-refractivity contribution in [3.8, 4) is 11.3 Å². The summed E-state index contributed by atoms with van der Waals surface area (Å²) in [6, 6.07) is 15.8. The highest BCUT2D eigenvalue weighted by molar-refractivity contribution is 7.14. The van der Waals surface area contributed by atoms with Gasteiger partial charge in [0.2, 0.25) is 5.91 Å². The van der Waals surface area contributed by atoms with E-state index >= 15 is 0 Å². The molecule has 25 heavy (non-hydrogen) atoms. The van der Waals surface area contributed by atoms with Crippen LogP contribution < -0.4 is 4.90 Å². The van der Waals surface area contributed by atoms with Gasteiger partial charge in [-0.05, 0) is 17.7 Å². The molecule has 0 bridgehead atoms. The van der Waals surface area contributed by atoms with Gasteiger partial charge in [-0.25, -0.2) is 9.37 Å². The van der Waals surface area contributed by atoms with Gasteiger partial charge in [0.25, 0.3) is 0 Å². The zero-order valence-corrected chi connectivity index (χ0v) is 14.4. The summed E-state index contributed by atoms with van der Waals surface area (Å²) in [5.41, 5.74) is 2.61. The van der Waals surface area contributed by atoms with Gasteiger partial charge in [0, 0.05) is 17.5 Å². The lowest BCUT2D eigenvalue weighted by molar-refractivity contribution is -0.117. The van der Waals surface area contributed by atoms with E-state index in [1.165, 1.54) is 23.5 Å². The van der Waals surface area contributed by atoms with E-state index in [0.29, 0.717) is 11.7 Å². The average Bonchev–Trinajstić information content (AvgIpc) is 3.12. The van der Waals surface area contributed by atoms with E-state index in [-0.39, 0.29) is 18.1 Å². The Morgan fingerprint density at radius 3 is 2.56 bits per heavy atom. The number of hydrogen-bond acceptors (Lipinski definition) is 3. The maximum atomic E-state index is 13.0. The van der Waals surface area contributed by atoms with E-state index in [0.717, 1.165) is 16.8 Å². The SMILES string of the molecule is C=CCN(C(=O)Cc1ccc(F)cc1)c1nc(-c2ccccc2)cs1. The summed E-state index contributed by atoms with van der Waals surface area (Å²) in [6.07, 6.45) is 1.86. The van der Waals surface area contributed by atoms with Gasteiger partial charge in [0.05, 0.1) is 12.1 Å². The maximum absolute atomic E-state index is 13.0. The Balaban J connectivity index is 1.81.